The standard InChI is InChI=1S/C12H15BrO3/c1-8-4-5-9(3-2-6-13)10(7-8)11(14)12(15)16/h4-5,7,11,14H,2-3,6H2,1H3,(H,15,16). The van der Waals surface area contributed by atoms with E-state index in [1.165, 1.54) is 0 Å². The van der Waals surface area contributed by atoms with Crippen LogP contribution in [0.25, 0.3) is 0 Å². The Labute approximate surface area is 103 Å². The summed E-state index contributed by atoms with van der Waals surface area (Å²) in [6.45, 7) is 1.88. The molecule has 0 saturated heterocycles. The van der Waals surface area contributed by atoms with Crippen molar-refractivity contribution in [2.24, 2.45) is 0 Å². The van der Waals surface area contributed by atoms with Crippen LogP contribution in [0.4, 0.5) is 0 Å². The fourth-order valence-electron chi connectivity index (χ4n) is 1.59. The van der Waals surface area contributed by atoms with Gasteiger partial charge in [-0.3, -0.25) is 0 Å². The molecule has 0 aliphatic carbocycles. The van der Waals surface area contributed by atoms with E-state index in [9.17, 15) is 9.90 Å². The molecule has 16 heavy (non-hydrogen) atoms. The van der Waals surface area contributed by atoms with E-state index < -0.39 is 12.1 Å². The van der Waals surface area contributed by atoms with Crippen LogP contribution in [-0.4, -0.2) is 21.5 Å². The Morgan fingerprint density at radius 1 is 1.50 bits per heavy atom. The van der Waals surface area contributed by atoms with E-state index >= 15 is 0 Å². The van der Waals surface area contributed by atoms with Crippen molar-refractivity contribution in [3.05, 3.63) is 34.9 Å². The van der Waals surface area contributed by atoms with Gasteiger partial charge in [0.15, 0.2) is 6.10 Å². The molecule has 1 atom stereocenters. The quantitative estimate of drug-likeness (QED) is 0.818. The zero-order valence-electron chi connectivity index (χ0n) is 9.11. The van der Waals surface area contributed by atoms with Crippen molar-refractivity contribution >= 4 is 21.9 Å². The third-order valence-corrected chi connectivity index (χ3v) is 2.97. The van der Waals surface area contributed by atoms with Gasteiger partial charge in [0.1, 0.15) is 0 Å². The van der Waals surface area contributed by atoms with Crippen molar-refractivity contribution in [3.63, 3.8) is 0 Å². The number of carbonyl (C=O) groups is 1. The Hall–Kier alpha value is -0.870. The van der Waals surface area contributed by atoms with Crippen LogP contribution in [0.5, 0.6) is 0 Å². The van der Waals surface area contributed by atoms with Gasteiger partial charge in [0.25, 0.3) is 0 Å². The van der Waals surface area contributed by atoms with Gasteiger partial charge in [0.05, 0.1) is 0 Å². The fraction of sp³-hybridized carbons (Fsp3) is 0.417. The molecule has 3 nitrogen and oxygen atoms in total. The normalized spacial score (nSPS) is 12.4. The Balaban J connectivity index is 3.02. The van der Waals surface area contributed by atoms with Crippen molar-refractivity contribution in [1.82, 2.24) is 0 Å². The molecule has 0 spiro atoms. The second-order valence-electron chi connectivity index (χ2n) is 3.74. The summed E-state index contributed by atoms with van der Waals surface area (Å²) in [6.07, 6.45) is 0.262. The predicted octanol–water partition coefficient (Wildman–Crippen LogP) is 2.44. The molecular weight excluding hydrogens is 272 g/mol. The maximum Gasteiger partial charge on any atom is 0.337 e. The largest absolute Gasteiger partial charge is 0.479 e. The van der Waals surface area contributed by atoms with Gasteiger partial charge in [-0.05, 0) is 30.9 Å². The number of carboxylic acids is 1. The van der Waals surface area contributed by atoms with Crippen LogP contribution in [0, 0.1) is 6.92 Å². The van der Waals surface area contributed by atoms with Crippen molar-refractivity contribution in [3.8, 4) is 0 Å². The Kier molecular flexibility index (Phi) is 4.96. The summed E-state index contributed by atoms with van der Waals surface area (Å²) in [5.41, 5.74) is 2.37. The second-order valence-corrected chi connectivity index (χ2v) is 4.53. The van der Waals surface area contributed by atoms with Crippen LogP contribution in [-0.2, 0) is 11.2 Å². The maximum atomic E-state index is 10.8. The van der Waals surface area contributed by atoms with Crippen LogP contribution < -0.4 is 0 Å². The first-order valence-corrected chi connectivity index (χ1v) is 6.24. The van der Waals surface area contributed by atoms with Crippen molar-refractivity contribution in [2.45, 2.75) is 25.9 Å². The van der Waals surface area contributed by atoms with Crippen LogP contribution >= 0.6 is 15.9 Å². The highest BCUT2D eigenvalue weighted by atomic mass is 79.9. The van der Waals surface area contributed by atoms with Crippen LogP contribution in [0.1, 0.15) is 29.2 Å². The van der Waals surface area contributed by atoms with Crippen LogP contribution in [0.15, 0.2) is 18.2 Å². The third kappa shape index (κ3) is 3.32. The summed E-state index contributed by atoms with van der Waals surface area (Å²) in [6, 6.07) is 5.56. The summed E-state index contributed by atoms with van der Waals surface area (Å²) < 4.78 is 0. The maximum absolute atomic E-state index is 10.8. The summed E-state index contributed by atoms with van der Waals surface area (Å²) in [4.78, 5) is 10.8. The first-order valence-electron chi connectivity index (χ1n) is 5.12. The number of aliphatic carboxylic acids is 1. The smallest absolute Gasteiger partial charge is 0.337 e. The van der Waals surface area contributed by atoms with E-state index in [0.29, 0.717) is 5.56 Å². The van der Waals surface area contributed by atoms with Crippen molar-refractivity contribution < 1.29 is 15.0 Å². The average Bonchev–Trinajstić information content (AvgIpc) is 2.26. The van der Waals surface area contributed by atoms with E-state index in [4.69, 9.17) is 5.11 Å². The monoisotopic (exact) mass is 286 g/mol. The Morgan fingerprint density at radius 2 is 2.19 bits per heavy atom. The lowest BCUT2D eigenvalue weighted by Gasteiger charge is -2.13. The number of rotatable bonds is 5. The van der Waals surface area contributed by atoms with Gasteiger partial charge in [-0.2, -0.15) is 0 Å². The number of carboxylic acid groups (broad SMARTS) is 1. The summed E-state index contributed by atoms with van der Waals surface area (Å²) >= 11 is 3.33. The highest BCUT2D eigenvalue weighted by Gasteiger charge is 2.19. The molecule has 2 N–H and O–H groups in total. The highest BCUT2D eigenvalue weighted by molar-refractivity contribution is 9.09. The Morgan fingerprint density at radius 3 is 2.75 bits per heavy atom. The molecule has 4 heteroatoms. The summed E-state index contributed by atoms with van der Waals surface area (Å²) in [5.74, 6) is -1.20. The average molecular weight is 287 g/mol. The van der Waals surface area contributed by atoms with Crippen molar-refractivity contribution in [1.29, 1.82) is 0 Å². The zero-order valence-corrected chi connectivity index (χ0v) is 10.7. The molecule has 1 aromatic carbocycles. The summed E-state index contributed by atoms with van der Waals surface area (Å²) in [7, 11) is 0. The second kappa shape index (κ2) is 6.01. The number of aryl methyl sites for hydroxylation is 2. The molecule has 1 rings (SSSR count). The van der Waals surface area contributed by atoms with Gasteiger partial charge in [-0.1, -0.05) is 39.7 Å². The van der Waals surface area contributed by atoms with Crippen LogP contribution in [0.3, 0.4) is 0 Å². The number of aliphatic hydroxyl groups excluding tert-OH is 1. The molecule has 0 aromatic heterocycles. The minimum Gasteiger partial charge on any atom is -0.479 e. The molecule has 0 fully saturated rings. The molecular formula is C12H15BrO3. The molecule has 0 saturated carbocycles. The first kappa shape index (κ1) is 13.2. The molecule has 1 unspecified atom stereocenters. The molecule has 0 bridgehead atoms. The number of hydrogen-bond donors (Lipinski definition) is 2. The first-order chi connectivity index (χ1) is 7.56. The Bertz CT molecular complexity index is 377. The lowest BCUT2D eigenvalue weighted by atomic mass is 9.97. The number of hydrogen-bond acceptors (Lipinski definition) is 2. The van der Waals surface area contributed by atoms with Gasteiger partial charge in [0, 0.05) is 5.33 Å². The van der Waals surface area contributed by atoms with Gasteiger partial charge < -0.3 is 10.2 Å². The topological polar surface area (TPSA) is 57.5 Å². The van der Waals surface area contributed by atoms with Gasteiger partial charge in [0.2, 0.25) is 0 Å². The molecule has 0 aliphatic heterocycles. The van der Waals surface area contributed by atoms with Crippen LogP contribution in [0.2, 0.25) is 0 Å². The van der Waals surface area contributed by atoms with Gasteiger partial charge in [-0.15, -0.1) is 0 Å². The van der Waals surface area contributed by atoms with E-state index in [0.717, 1.165) is 29.3 Å². The lowest BCUT2D eigenvalue weighted by Crippen LogP contribution is -2.13. The predicted molar refractivity (Wildman–Crippen MR) is 65.9 cm³/mol. The fourth-order valence-corrected chi connectivity index (χ4v) is 1.87. The number of halogens is 1. The van der Waals surface area contributed by atoms with Crippen molar-refractivity contribution in [2.75, 3.05) is 5.33 Å². The van der Waals surface area contributed by atoms with E-state index in [-0.39, 0.29) is 0 Å². The minimum atomic E-state index is -1.43. The molecule has 1 aromatic rings. The van der Waals surface area contributed by atoms with Gasteiger partial charge in [-0.25, -0.2) is 4.79 Å². The van der Waals surface area contributed by atoms with E-state index in [2.05, 4.69) is 15.9 Å². The number of aliphatic hydroxyl groups is 1. The molecule has 0 aliphatic rings. The molecule has 0 heterocycles. The minimum absolute atomic E-state index is 0.508. The lowest BCUT2D eigenvalue weighted by molar-refractivity contribution is -0.147. The third-order valence-electron chi connectivity index (χ3n) is 2.41. The SMILES string of the molecule is Cc1ccc(CCCBr)c(C(O)C(=O)O)c1. The molecule has 88 valence electrons. The number of alkyl halides is 1. The highest BCUT2D eigenvalue weighted by Crippen LogP contribution is 2.21. The number of benzene rings is 1. The van der Waals surface area contributed by atoms with Gasteiger partial charge >= 0.3 is 5.97 Å². The molecule has 0 amide bonds. The molecule has 0 radical (unpaired) electrons. The van der Waals surface area contributed by atoms with E-state index in [1.54, 1.807) is 6.07 Å². The van der Waals surface area contributed by atoms with E-state index in [1.807, 2.05) is 19.1 Å². The summed E-state index contributed by atoms with van der Waals surface area (Å²) in [5, 5.41) is 19.3. The zero-order chi connectivity index (χ0) is 12.1.